The second-order valence-corrected chi connectivity index (χ2v) is 4.40. The Balaban J connectivity index is 2.71. The summed E-state index contributed by atoms with van der Waals surface area (Å²) in [6, 6.07) is 2.48. The lowest BCUT2D eigenvalue weighted by atomic mass is 10.0. The van der Waals surface area contributed by atoms with Crippen LogP contribution in [0, 0.1) is 6.92 Å². The molecule has 98 valence electrons. The fourth-order valence-corrected chi connectivity index (χ4v) is 2.23. The second-order valence-electron chi connectivity index (χ2n) is 4.40. The fourth-order valence-electron chi connectivity index (χ4n) is 2.23. The third kappa shape index (κ3) is 3.82. The van der Waals surface area contributed by atoms with E-state index < -0.39 is 0 Å². The molecule has 2 atom stereocenters. The van der Waals surface area contributed by atoms with Crippen molar-refractivity contribution in [1.29, 1.82) is 0 Å². The van der Waals surface area contributed by atoms with E-state index in [9.17, 15) is 0 Å². The standard InChI is InChI=1S/C13H25N3O/c1-6-13(17-7-2)12(14-4)9-11-8-10(3)15-16(11)5/h8,12-14H,6-7,9H2,1-5H3. The summed E-state index contributed by atoms with van der Waals surface area (Å²) in [7, 11) is 3.99. The molecule has 0 aromatic carbocycles. The highest BCUT2D eigenvalue weighted by Crippen LogP contribution is 2.12. The first-order valence-corrected chi connectivity index (χ1v) is 6.40. The van der Waals surface area contributed by atoms with Gasteiger partial charge in [0, 0.05) is 31.8 Å². The van der Waals surface area contributed by atoms with Gasteiger partial charge in [-0.15, -0.1) is 0 Å². The van der Waals surface area contributed by atoms with E-state index in [1.54, 1.807) is 0 Å². The predicted octanol–water partition coefficient (Wildman–Crippen LogP) is 1.67. The van der Waals surface area contributed by atoms with Gasteiger partial charge in [0.05, 0.1) is 11.8 Å². The number of aromatic nitrogens is 2. The van der Waals surface area contributed by atoms with Gasteiger partial charge in [0.15, 0.2) is 0 Å². The van der Waals surface area contributed by atoms with E-state index in [0.29, 0.717) is 6.04 Å². The molecule has 0 amide bonds. The van der Waals surface area contributed by atoms with Gasteiger partial charge in [0.2, 0.25) is 0 Å². The quantitative estimate of drug-likeness (QED) is 0.787. The average Bonchev–Trinajstić information content (AvgIpc) is 2.62. The third-order valence-electron chi connectivity index (χ3n) is 3.13. The lowest BCUT2D eigenvalue weighted by Gasteiger charge is -2.25. The molecule has 0 saturated heterocycles. The number of aryl methyl sites for hydroxylation is 2. The fraction of sp³-hybridized carbons (Fsp3) is 0.769. The average molecular weight is 239 g/mol. The van der Waals surface area contributed by atoms with E-state index in [1.807, 2.05) is 32.6 Å². The van der Waals surface area contributed by atoms with E-state index >= 15 is 0 Å². The molecule has 0 spiro atoms. The van der Waals surface area contributed by atoms with E-state index in [1.165, 1.54) is 5.69 Å². The minimum Gasteiger partial charge on any atom is -0.377 e. The summed E-state index contributed by atoms with van der Waals surface area (Å²) in [4.78, 5) is 0. The molecule has 0 aliphatic heterocycles. The van der Waals surface area contributed by atoms with Crippen LogP contribution in [0.1, 0.15) is 31.7 Å². The SMILES string of the molecule is CCOC(CC)C(Cc1cc(C)nn1C)NC. The predicted molar refractivity (Wildman–Crippen MR) is 70.2 cm³/mol. The Kier molecular flexibility index (Phi) is 5.65. The highest BCUT2D eigenvalue weighted by Gasteiger charge is 2.20. The summed E-state index contributed by atoms with van der Waals surface area (Å²) in [5.41, 5.74) is 2.32. The number of rotatable bonds is 7. The first-order chi connectivity index (χ1) is 8.12. The van der Waals surface area contributed by atoms with E-state index in [4.69, 9.17) is 4.74 Å². The Morgan fingerprint density at radius 1 is 1.47 bits per heavy atom. The van der Waals surface area contributed by atoms with Crippen molar-refractivity contribution in [3.63, 3.8) is 0 Å². The van der Waals surface area contributed by atoms with Gasteiger partial charge < -0.3 is 10.1 Å². The molecule has 1 aromatic heterocycles. The molecule has 0 saturated carbocycles. The van der Waals surface area contributed by atoms with Gasteiger partial charge in [-0.3, -0.25) is 4.68 Å². The molecule has 1 heterocycles. The smallest absolute Gasteiger partial charge is 0.0729 e. The number of hydrogen-bond acceptors (Lipinski definition) is 3. The summed E-state index contributed by atoms with van der Waals surface area (Å²) in [5, 5.41) is 7.73. The van der Waals surface area contributed by atoms with Gasteiger partial charge in [-0.25, -0.2) is 0 Å². The van der Waals surface area contributed by atoms with Crippen molar-refractivity contribution in [2.75, 3.05) is 13.7 Å². The molecule has 0 radical (unpaired) electrons. The molecular weight excluding hydrogens is 214 g/mol. The van der Waals surface area contributed by atoms with Crippen molar-refractivity contribution >= 4 is 0 Å². The minimum atomic E-state index is 0.264. The van der Waals surface area contributed by atoms with Crippen molar-refractivity contribution < 1.29 is 4.74 Å². The van der Waals surface area contributed by atoms with Crippen molar-refractivity contribution in [2.24, 2.45) is 7.05 Å². The zero-order valence-electron chi connectivity index (χ0n) is 11.7. The summed E-state index contributed by atoms with van der Waals surface area (Å²) in [6.45, 7) is 7.00. The van der Waals surface area contributed by atoms with Crippen molar-refractivity contribution in [1.82, 2.24) is 15.1 Å². The zero-order valence-corrected chi connectivity index (χ0v) is 11.7. The van der Waals surface area contributed by atoms with E-state index in [0.717, 1.165) is 25.1 Å². The Labute approximate surface area is 104 Å². The minimum absolute atomic E-state index is 0.264. The molecule has 0 fully saturated rings. The number of nitrogens with one attached hydrogen (secondary N) is 1. The molecule has 0 aliphatic carbocycles. The Bertz CT molecular complexity index is 335. The van der Waals surface area contributed by atoms with Gasteiger partial charge >= 0.3 is 0 Å². The summed E-state index contributed by atoms with van der Waals surface area (Å²) in [5.74, 6) is 0. The Morgan fingerprint density at radius 3 is 2.59 bits per heavy atom. The monoisotopic (exact) mass is 239 g/mol. The molecule has 4 nitrogen and oxygen atoms in total. The number of likely N-dealkylation sites (N-methyl/N-ethyl adjacent to an activating group) is 1. The zero-order chi connectivity index (χ0) is 12.8. The topological polar surface area (TPSA) is 39.1 Å². The number of ether oxygens (including phenoxy) is 1. The van der Waals surface area contributed by atoms with Gasteiger partial charge in [-0.2, -0.15) is 5.10 Å². The molecule has 1 rings (SSSR count). The van der Waals surface area contributed by atoms with Gasteiger partial charge in [0.25, 0.3) is 0 Å². The van der Waals surface area contributed by atoms with Crippen LogP contribution < -0.4 is 5.32 Å². The normalized spacial score (nSPS) is 14.9. The maximum absolute atomic E-state index is 5.77. The highest BCUT2D eigenvalue weighted by molar-refractivity contribution is 5.10. The van der Waals surface area contributed by atoms with Gasteiger partial charge in [0.1, 0.15) is 0 Å². The molecule has 2 unspecified atom stereocenters. The molecule has 0 bridgehead atoms. The van der Waals surface area contributed by atoms with Crippen LogP contribution >= 0.6 is 0 Å². The van der Waals surface area contributed by atoms with Crippen molar-refractivity contribution in [3.05, 3.63) is 17.5 Å². The van der Waals surface area contributed by atoms with Crippen LogP contribution in [0.5, 0.6) is 0 Å². The number of nitrogens with zero attached hydrogens (tertiary/aromatic N) is 2. The van der Waals surface area contributed by atoms with Crippen LogP contribution in [0.25, 0.3) is 0 Å². The lowest BCUT2D eigenvalue weighted by Crippen LogP contribution is -2.41. The Morgan fingerprint density at radius 2 is 2.18 bits per heavy atom. The largest absolute Gasteiger partial charge is 0.377 e. The first-order valence-electron chi connectivity index (χ1n) is 6.40. The van der Waals surface area contributed by atoms with Crippen LogP contribution in [0.15, 0.2) is 6.07 Å². The van der Waals surface area contributed by atoms with Gasteiger partial charge in [-0.05, 0) is 33.4 Å². The van der Waals surface area contributed by atoms with Crippen molar-refractivity contribution in [3.8, 4) is 0 Å². The number of hydrogen-bond donors (Lipinski definition) is 1. The molecular formula is C13H25N3O. The van der Waals surface area contributed by atoms with Gasteiger partial charge in [-0.1, -0.05) is 6.92 Å². The molecule has 17 heavy (non-hydrogen) atoms. The lowest BCUT2D eigenvalue weighted by molar-refractivity contribution is 0.0334. The molecule has 1 N–H and O–H groups in total. The molecule has 1 aromatic rings. The first kappa shape index (κ1) is 14.2. The van der Waals surface area contributed by atoms with Crippen LogP contribution in [-0.2, 0) is 18.2 Å². The van der Waals surface area contributed by atoms with Crippen LogP contribution in [-0.4, -0.2) is 35.6 Å². The highest BCUT2D eigenvalue weighted by atomic mass is 16.5. The molecule has 4 heteroatoms. The van der Waals surface area contributed by atoms with E-state index in [-0.39, 0.29) is 6.10 Å². The maximum atomic E-state index is 5.77. The van der Waals surface area contributed by atoms with E-state index in [2.05, 4.69) is 23.4 Å². The summed E-state index contributed by atoms with van der Waals surface area (Å²) in [6.07, 6.45) is 2.24. The third-order valence-corrected chi connectivity index (χ3v) is 3.13. The van der Waals surface area contributed by atoms with Crippen LogP contribution in [0.2, 0.25) is 0 Å². The van der Waals surface area contributed by atoms with Crippen LogP contribution in [0.3, 0.4) is 0 Å². The molecule has 0 aliphatic rings. The van der Waals surface area contributed by atoms with Crippen molar-refractivity contribution in [2.45, 2.75) is 45.8 Å². The Hall–Kier alpha value is -0.870. The summed E-state index contributed by atoms with van der Waals surface area (Å²) < 4.78 is 7.73. The van der Waals surface area contributed by atoms with Crippen LogP contribution in [0.4, 0.5) is 0 Å². The maximum Gasteiger partial charge on any atom is 0.0729 e. The second kappa shape index (κ2) is 6.77. The summed E-state index contributed by atoms with van der Waals surface area (Å²) >= 11 is 0.